The molecule has 0 heterocycles. The Kier molecular flexibility index (Phi) is 5.18. The molecule has 0 aliphatic rings. The summed E-state index contributed by atoms with van der Waals surface area (Å²) in [6.45, 7) is 0.541. The summed E-state index contributed by atoms with van der Waals surface area (Å²) in [5.41, 5.74) is 2.27. The van der Waals surface area contributed by atoms with Gasteiger partial charge in [-0.05, 0) is 36.1 Å². The smallest absolute Gasteiger partial charge is 0.303 e. The zero-order chi connectivity index (χ0) is 14.2. The molecule has 0 aliphatic heterocycles. The molecule has 3 heteroatoms. The monoisotopic (exact) mass is 270 g/mol. The Bertz CT molecular complexity index is 532. The highest BCUT2D eigenvalue weighted by Crippen LogP contribution is 2.13. The number of rotatable bonds is 7. The fourth-order valence-electron chi connectivity index (χ4n) is 1.93. The van der Waals surface area contributed by atoms with E-state index in [9.17, 15) is 4.79 Å². The summed E-state index contributed by atoms with van der Waals surface area (Å²) < 4.78 is 5.67. The molecule has 2 rings (SSSR count). The first kappa shape index (κ1) is 14.1. The van der Waals surface area contributed by atoms with Crippen molar-refractivity contribution in [3.05, 3.63) is 65.7 Å². The van der Waals surface area contributed by atoms with Crippen molar-refractivity contribution in [2.45, 2.75) is 25.9 Å². The van der Waals surface area contributed by atoms with Crippen molar-refractivity contribution in [3.8, 4) is 5.75 Å². The molecule has 0 spiro atoms. The lowest BCUT2D eigenvalue weighted by atomic mass is 10.1. The highest BCUT2D eigenvalue weighted by molar-refractivity contribution is 5.66. The van der Waals surface area contributed by atoms with Crippen molar-refractivity contribution < 1.29 is 14.6 Å². The third kappa shape index (κ3) is 4.76. The normalized spacial score (nSPS) is 10.2. The highest BCUT2D eigenvalue weighted by Gasteiger charge is 1.99. The molecule has 0 aromatic heterocycles. The molecule has 0 radical (unpaired) electrons. The topological polar surface area (TPSA) is 46.5 Å². The molecule has 1 N–H and O–H groups in total. The van der Waals surface area contributed by atoms with Crippen molar-refractivity contribution in [1.82, 2.24) is 0 Å². The fraction of sp³-hybridized carbons (Fsp3) is 0.235. The zero-order valence-electron chi connectivity index (χ0n) is 11.3. The van der Waals surface area contributed by atoms with Crippen molar-refractivity contribution in [2.24, 2.45) is 0 Å². The maximum Gasteiger partial charge on any atom is 0.303 e. The van der Waals surface area contributed by atoms with Crippen LogP contribution in [-0.2, 0) is 17.8 Å². The van der Waals surface area contributed by atoms with Crippen molar-refractivity contribution in [2.75, 3.05) is 0 Å². The van der Waals surface area contributed by atoms with Gasteiger partial charge >= 0.3 is 5.97 Å². The molecule has 0 atom stereocenters. The first-order chi connectivity index (χ1) is 9.74. The van der Waals surface area contributed by atoms with Crippen LogP contribution in [0, 0.1) is 0 Å². The lowest BCUT2D eigenvalue weighted by Crippen LogP contribution is -1.97. The zero-order valence-corrected chi connectivity index (χ0v) is 11.3. The molecule has 0 aliphatic carbocycles. The molecule has 20 heavy (non-hydrogen) atoms. The maximum atomic E-state index is 10.4. The SMILES string of the molecule is O=C(O)CCCc1ccc(COc2ccccc2)cc1. The summed E-state index contributed by atoms with van der Waals surface area (Å²) in [6.07, 6.45) is 1.69. The van der Waals surface area contributed by atoms with Gasteiger partial charge in [0.2, 0.25) is 0 Å². The van der Waals surface area contributed by atoms with E-state index in [1.165, 1.54) is 0 Å². The Morgan fingerprint density at radius 3 is 2.25 bits per heavy atom. The summed E-state index contributed by atoms with van der Waals surface area (Å²) in [7, 11) is 0. The second-order valence-corrected chi connectivity index (χ2v) is 4.67. The van der Waals surface area contributed by atoms with Gasteiger partial charge in [-0.3, -0.25) is 4.79 Å². The average Bonchev–Trinajstić information content (AvgIpc) is 2.47. The maximum absolute atomic E-state index is 10.4. The van der Waals surface area contributed by atoms with Gasteiger partial charge in [0.05, 0.1) is 0 Å². The number of para-hydroxylation sites is 1. The number of aliphatic carboxylic acids is 1. The predicted molar refractivity (Wildman–Crippen MR) is 77.8 cm³/mol. The summed E-state index contributed by atoms with van der Waals surface area (Å²) >= 11 is 0. The summed E-state index contributed by atoms with van der Waals surface area (Å²) in [6, 6.07) is 17.8. The van der Waals surface area contributed by atoms with E-state index in [1.807, 2.05) is 54.6 Å². The van der Waals surface area contributed by atoms with Crippen LogP contribution in [0.4, 0.5) is 0 Å². The van der Waals surface area contributed by atoms with Crippen LogP contribution in [0.1, 0.15) is 24.0 Å². The number of carboxylic acids is 1. The Balaban J connectivity index is 1.81. The van der Waals surface area contributed by atoms with Gasteiger partial charge in [-0.15, -0.1) is 0 Å². The van der Waals surface area contributed by atoms with E-state index in [-0.39, 0.29) is 6.42 Å². The number of ether oxygens (including phenoxy) is 1. The van der Waals surface area contributed by atoms with Gasteiger partial charge in [0, 0.05) is 6.42 Å². The van der Waals surface area contributed by atoms with Gasteiger partial charge in [0.15, 0.2) is 0 Å². The van der Waals surface area contributed by atoms with Crippen LogP contribution < -0.4 is 4.74 Å². The van der Waals surface area contributed by atoms with Crippen LogP contribution in [-0.4, -0.2) is 11.1 Å². The number of benzene rings is 2. The van der Waals surface area contributed by atoms with E-state index in [0.717, 1.165) is 23.3 Å². The molecular weight excluding hydrogens is 252 g/mol. The van der Waals surface area contributed by atoms with Gasteiger partial charge in [0.25, 0.3) is 0 Å². The first-order valence-corrected chi connectivity index (χ1v) is 6.71. The molecule has 2 aromatic carbocycles. The first-order valence-electron chi connectivity index (χ1n) is 6.71. The molecule has 0 amide bonds. The number of carbonyl (C=O) groups is 1. The van der Waals surface area contributed by atoms with Gasteiger partial charge in [0.1, 0.15) is 12.4 Å². The highest BCUT2D eigenvalue weighted by atomic mass is 16.5. The molecule has 0 bridgehead atoms. The lowest BCUT2D eigenvalue weighted by Gasteiger charge is -2.07. The van der Waals surface area contributed by atoms with Crippen molar-refractivity contribution >= 4 is 5.97 Å². The fourth-order valence-corrected chi connectivity index (χ4v) is 1.93. The van der Waals surface area contributed by atoms with E-state index >= 15 is 0 Å². The van der Waals surface area contributed by atoms with Gasteiger partial charge in [-0.2, -0.15) is 0 Å². The van der Waals surface area contributed by atoms with E-state index in [0.29, 0.717) is 13.0 Å². The number of hydrogen-bond donors (Lipinski definition) is 1. The summed E-state index contributed by atoms with van der Waals surface area (Å²) in [5.74, 6) is 0.121. The molecule has 0 saturated heterocycles. The van der Waals surface area contributed by atoms with E-state index in [1.54, 1.807) is 0 Å². The average molecular weight is 270 g/mol. The van der Waals surface area contributed by atoms with Crippen molar-refractivity contribution in [3.63, 3.8) is 0 Å². The van der Waals surface area contributed by atoms with E-state index in [2.05, 4.69) is 0 Å². The minimum atomic E-state index is -0.738. The van der Waals surface area contributed by atoms with Crippen LogP contribution in [0.15, 0.2) is 54.6 Å². The Morgan fingerprint density at radius 1 is 0.950 bits per heavy atom. The van der Waals surface area contributed by atoms with E-state index < -0.39 is 5.97 Å². The Labute approximate surface area is 118 Å². The standard InChI is InChI=1S/C17H18O3/c18-17(19)8-4-5-14-9-11-15(12-10-14)13-20-16-6-2-1-3-7-16/h1-3,6-7,9-12H,4-5,8,13H2,(H,18,19). The molecule has 0 saturated carbocycles. The molecule has 3 nitrogen and oxygen atoms in total. The van der Waals surface area contributed by atoms with Crippen LogP contribution in [0.5, 0.6) is 5.75 Å². The minimum Gasteiger partial charge on any atom is -0.489 e. The van der Waals surface area contributed by atoms with Crippen LogP contribution in [0.25, 0.3) is 0 Å². The minimum absolute atomic E-state index is 0.221. The van der Waals surface area contributed by atoms with Crippen LogP contribution in [0.2, 0.25) is 0 Å². The Morgan fingerprint density at radius 2 is 1.60 bits per heavy atom. The number of aryl methyl sites for hydroxylation is 1. The number of hydrogen-bond acceptors (Lipinski definition) is 2. The van der Waals surface area contributed by atoms with Gasteiger partial charge in [-0.1, -0.05) is 42.5 Å². The third-order valence-corrected chi connectivity index (χ3v) is 3.03. The van der Waals surface area contributed by atoms with Crippen molar-refractivity contribution in [1.29, 1.82) is 0 Å². The van der Waals surface area contributed by atoms with Gasteiger partial charge in [-0.25, -0.2) is 0 Å². The summed E-state index contributed by atoms with van der Waals surface area (Å²) in [5, 5.41) is 8.60. The molecule has 0 unspecified atom stereocenters. The molecule has 104 valence electrons. The largest absolute Gasteiger partial charge is 0.489 e. The second kappa shape index (κ2) is 7.34. The van der Waals surface area contributed by atoms with Gasteiger partial charge < -0.3 is 9.84 Å². The molecule has 0 fully saturated rings. The third-order valence-electron chi connectivity index (χ3n) is 3.03. The quantitative estimate of drug-likeness (QED) is 0.835. The Hall–Kier alpha value is -2.29. The second-order valence-electron chi connectivity index (χ2n) is 4.67. The van der Waals surface area contributed by atoms with E-state index in [4.69, 9.17) is 9.84 Å². The molecular formula is C17H18O3. The lowest BCUT2D eigenvalue weighted by molar-refractivity contribution is -0.137. The van der Waals surface area contributed by atoms with Crippen LogP contribution >= 0.6 is 0 Å². The summed E-state index contributed by atoms with van der Waals surface area (Å²) in [4.78, 5) is 10.4. The predicted octanol–water partition coefficient (Wildman–Crippen LogP) is 3.67. The molecule has 2 aromatic rings. The van der Waals surface area contributed by atoms with Crippen LogP contribution in [0.3, 0.4) is 0 Å². The number of carboxylic acid groups (broad SMARTS) is 1.